The molecule has 0 fully saturated rings. The molecular formula is C20H38O. The van der Waals surface area contributed by atoms with Crippen LogP contribution in [-0.4, -0.2) is 12.2 Å². The van der Waals surface area contributed by atoms with Gasteiger partial charge in [0.15, 0.2) is 0 Å². The molecule has 0 heterocycles. The van der Waals surface area contributed by atoms with Gasteiger partial charge in [0, 0.05) is 0 Å². The Balaban J connectivity index is 4.60. The first-order chi connectivity index (χ1) is 9.99. The third-order valence-corrected chi connectivity index (χ3v) is 3.57. The molecule has 1 nitrogen and oxygen atoms in total. The van der Waals surface area contributed by atoms with Gasteiger partial charge in [0.1, 0.15) is 0 Å². The molecule has 2 atom stereocenters. The van der Waals surface area contributed by atoms with Crippen molar-refractivity contribution in [1.82, 2.24) is 0 Å². The Labute approximate surface area is 133 Å². The number of ether oxygens (including phenoxy) is 1. The number of unbranched alkanes of at least 4 members (excludes halogenated alkanes) is 4. The average molecular weight is 295 g/mol. The van der Waals surface area contributed by atoms with Gasteiger partial charge in [0.05, 0.1) is 12.2 Å². The Morgan fingerprint density at radius 3 is 1.38 bits per heavy atom. The lowest BCUT2D eigenvalue weighted by atomic mass is 10.1. The molecule has 0 aromatic rings. The third kappa shape index (κ3) is 12.9. The van der Waals surface area contributed by atoms with Gasteiger partial charge in [-0.3, -0.25) is 0 Å². The molecule has 0 saturated carbocycles. The first-order valence-electron chi connectivity index (χ1n) is 8.95. The van der Waals surface area contributed by atoms with E-state index < -0.39 is 0 Å². The quantitative estimate of drug-likeness (QED) is 0.283. The van der Waals surface area contributed by atoms with E-state index in [1.165, 1.54) is 49.7 Å². The van der Waals surface area contributed by atoms with E-state index >= 15 is 0 Å². The summed E-state index contributed by atoms with van der Waals surface area (Å²) in [6.45, 7) is 13.2. The zero-order valence-corrected chi connectivity index (χ0v) is 15.4. The van der Waals surface area contributed by atoms with Gasteiger partial charge in [-0.15, -0.1) is 0 Å². The summed E-state index contributed by atoms with van der Waals surface area (Å²) >= 11 is 0. The topological polar surface area (TPSA) is 9.23 Å². The Morgan fingerprint density at radius 1 is 0.714 bits per heavy atom. The van der Waals surface area contributed by atoms with Crippen molar-refractivity contribution in [1.29, 1.82) is 0 Å². The highest BCUT2D eigenvalue weighted by Crippen LogP contribution is 2.17. The number of hydrogen-bond donors (Lipinski definition) is 0. The lowest BCUT2D eigenvalue weighted by Crippen LogP contribution is -2.20. The standard InChI is InChI=1S/C20H38O/c1-7-9-11-13-19(15-17(3)4)21-20(16-18(5)6)14-12-10-8-2/h15-16,19-20H,7-14H2,1-6H3. The lowest BCUT2D eigenvalue weighted by Gasteiger charge is -2.22. The van der Waals surface area contributed by atoms with Gasteiger partial charge in [0.2, 0.25) is 0 Å². The maximum atomic E-state index is 6.41. The van der Waals surface area contributed by atoms with Gasteiger partial charge in [-0.2, -0.15) is 0 Å². The molecule has 0 aromatic heterocycles. The van der Waals surface area contributed by atoms with Crippen molar-refractivity contribution in [2.75, 3.05) is 0 Å². The van der Waals surface area contributed by atoms with Crippen molar-refractivity contribution in [2.45, 2.75) is 105 Å². The van der Waals surface area contributed by atoms with Crippen molar-refractivity contribution in [2.24, 2.45) is 0 Å². The molecule has 0 aliphatic carbocycles. The Kier molecular flexibility index (Phi) is 12.8. The zero-order valence-electron chi connectivity index (χ0n) is 15.4. The fraction of sp³-hybridized carbons (Fsp3) is 0.800. The van der Waals surface area contributed by atoms with Gasteiger partial charge in [-0.25, -0.2) is 0 Å². The molecule has 0 bridgehead atoms. The zero-order chi connectivity index (χ0) is 16.1. The first-order valence-corrected chi connectivity index (χ1v) is 8.95. The number of allylic oxidation sites excluding steroid dienone is 2. The van der Waals surface area contributed by atoms with Crippen LogP contribution in [0.1, 0.15) is 92.9 Å². The molecule has 0 aliphatic heterocycles. The van der Waals surface area contributed by atoms with Crippen molar-refractivity contribution in [3.8, 4) is 0 Å². The highest BCUT2D eigenvalue weighted by atomic mass is 16.5. The van der Waals surface area contributed by atoms with Crippen LogP contribution in [0, 0.1) is 0 Å². The lowest BCUT2D eigenvalue weighted by molar-refractivity contribution is 0.0289. The predicted octanol–water partition coefficient (Wildman–Crippen LogP) is 6.83. The summed E-state index contributed by atoms with van der Waals surface area (Å²) in [4.78, 5) is 0. The van der Waals surface area contributed by atoms with Crippen molar-refractivity contribution >= 4 is 0 Å². The number of hydrogen-bond acceptors (Lipinski definition) is 1. The fourth-order valence-corrected chi connectivity index (χ4v) is 2.54. The third-order valence-electron chi connectivity index (χ3n) is 3.57. The average Bonchev–Trinajstić information content (AvgIpc) is 2.37. The molecule has 21 heavy (non-hydrogen) atoms. The van der Waals surface area contributed by atoms with Crippen LogP contribution in [-0.2, 0) is 4.74 Å². The molecule has 124 valence electrons. The Bertz CT molecular complexity index is 263. The molecule has 0 spiro atoms. The first kappa shape index (κ1) is 20.4. The second-order valence-corrected chi connectivity index (χ2v) is 6.69. The summed E-state index contributed by atoms with van der Waals surface area (Å²) in [5.74, 6) is 0. The molecule has 0 radical (unpaired) electrons. The van der Waals surface area contributed by atoms with E-state index in [0.717, 1.165) is 12.8 Å². The minimum absolute atomic E-state index is 0.281. The highest BCUT2D eigenvalue weighted by Gasteiger charge is 2.13. The van der Waals surface area contributed by atoms with Gasteiger partial charge < -0.3 is 4.74 Å². The largest absolute Gasteiger partial charge is 0.367 e. The molecule has 0 rings (SSSR count). The van der Waals surface area contributed by atoms with Crippen LogP contribution < -0.4 is 0 Å². The molecule has 0 aliphatic rings. The maximum absolute atomic E-state index is 6.41. The van der Waals surface area contributed by atoms with Gasteiger partial charge in [-0.05, 0) is 40.5 Å². The highest BCUT2D eigenvalue weighted by molar-refractivity contribution is 5.02. The summed E-state index contributed by atoms with van der Waals surface area (Å²) in [7, 11) is 0. The van der Waals surface area contributed by atoms with Crippen LogP contribution in [0.25, 0.3) is 0 Å². The molecule has 0 N–H and O–H groups in total. The van der Waals surface area contributed by atoms with Crippen LogP contribution in [0.15, 0.2) is 23.3 Å². The smallest absolute Gasteiger partial charge is 0.0766 e. The van der Waals surface area contributed by atoms with Gasteiger partial charge >= 0.3 is 0 Å². The predicted molar refractivity (Wildman–Crippen MR) is 95.8 cm³/mol. The number of rotatable bonds is 12. The summed E-state index contributed by atoms with van der Waals surface area (Å²) < 4.78 is 6.41. The maximum Gasteiger partial charge on any atom is 0.0766 e. The fourth-order valence-electron chi connectivity index (χ4n) is 2.54. The van der Waals surface area contributed by atoms with Crippen LogP contribution in [0.3, 0.4) is 0 Å². The molecule has 0 saturated heterocycles. The summed E-state index contributed by atoms with van der Waals surface area (Å²) in [6.07, 6.45) is 15.2. The van der Waals surface area contributed by atoms with Crippen LogP contribution in [0.5, 0.6) is 0 Å². The minimum Gasteiger partial charge on any atom is -0.367 e. The van der Waals surface area contributed by atoms with Crippen molar-refractivity contribution in [3.63, 3.8) is 0 Å². The minimum atomic E-state index is 0.281. The molecule has 1 heteroatoms. The van der Waals surface area contributed by atoms with E-state index in [-0.39, 0.29) is 12.2 Å². The van der Waals surface area contributed by atoms with E-state index in [2.05, 4.69) is 53.7 Å². The van der Waals surface area contributed by atoms with Crippen molar-refractivity contribution < 1.29 is 4.74 Å². The van der Waals surface area contributed by atoms with E-state index in [4.69, 9.17) is 4.74 Å². The van der Waals surface area contributed by atoms with Crippen molar-refractivity contribution in [3.05, 3.63) is 23.3 Å². The van der Waals surface area contributed by atoms with Gasteiger partial charge in [-0.1, -0.05) is 75.7 Å². The molecule has 0 aromatic carbocycles. The van der Waals surface area contributed by atoms with Crippen LogP contribution >= 0.6 is 0 Å². The van der Waals surface area contributed by atoms with Crippen LogP contribution in [0.4, 0.5) is 0 Å². The second-order valence-electron chi connectivity index (χ2n) is 6.69. The molecule has 0 amide bonds. The SMILES string of the molecule is CCCCCC(C=C(C)C)OC(C=C(C)C)CCCCC. The van der Waals surface area contributed by atoms with E-state index in [1.807, 2.05) is 0 Å². The normalized spacial score (nSPS) is 13.6. The monoisotopic (exact) mass is 294 g/mol. The Hall–Kier alpha value is -0.560. The van der Waals surface area contributed by atoms with E-state index in [0.29, 0.717) is 0 Å². The summed E-state index contributed by atoms with van der Waals surface area (Å²) in [5.41, 5.74) is 2.72. The summed E-state index contributed by atoms with van der Waals surface area (Å²) in [5, 5.41) is 0. The molecule has 2 unspecified atom stereocenters. The Morgan fingerprint density at radius 2 is 1.10 bits per heavy atom. The molecular weight excluding hydrogens is 256 g/mol. The van der Waals surface area contributed by atoms with Crippen LogP contribution in [0.2, 0.25) is 0 Å². The second kappa shape index (κ2) is 13.1. The van der Waals surface area contributed by atoms with E-state index in [9.17, 15) is 0 Å². The van der Waals surface area contributed by atoms with Gasteiger partial charge in [0.25, 0.3) is 0 Å². The summed E-state index contributed by atoms with van der Waals surface area (Å²) in [6, 6.07) is 0. The van der Waals surface area contributed by atoms with E-state index in [1.54, 1.807) is 0 Å².